The van der Waals surface area contributed by atoms with Crippen molar-refractivity contribution in [2.24, 2.45) is 0 Å². The minimum Gasteiger partial charge on any atom is -0.481 e. The van der Waals surface area contributed by atoms with Crippen LogP contribution >= 0.6 is 45.2 Å². The van der Waals surface area contributed by atoms with Gasteiger partial charge in [0.2, 0.25) is 10.0 Å². The van der Waals surface area contributed by atoms with Gasteiger partial charge in [-0.1, -0.05) is 84.3 Å². The van der Waals surface area contributed by atoms with Crippen LogP contribution in [0.15, 0.2) is 126 Å². The molecule has 0 fully saturated rings. The summed E-state index contributed by atoms with van der Waals surface area (Å²) in [6.45, 7) is 9.81. The molecule has 55 heteroatoms. The van der Waals surface area contributed by atoms with E-state index in [0.29, 0.717) is 82.3 Å². The number of carboxylic acids is 14. The van der Waals surface area contributed by atoms with Crippen molar-refractivity contribution in [2.45, 2.75) is 247 Å². The van der Waals surface area contributed by atoms with Gasteiger partial charge in [-0.15, -0.1) is 0 Å². The van der Waals surface area contributed by atoms with Gasteiger partial charge in [0.05, 0.1) is 10.9 Å². The summed E-state index contributed by atoms with van der Waals surface area (Å²) in [6.07, 6.45) is 0.684. The highest BCUT2D eigenvalue weighted by molar-refractivity contribution is 14.1. The lowest BCUT2D eigenvalue weighted by molar-refractivity contribution is -0.142. The van der Waals surface area contributed by atoms with E-state index in [1.165, 1.54) is 17.7 Å². The molecule has 0 radical (unpaired) electrons. The van der Waals surface area contributed by atoms with Gasteiger partial charge in [0.25, 0.3) is 5.91 Å². The maximum Gasteiger partial charge on any atom is 0.326 e. The van der Waals surface area contributed by atoms with Crippen molar-refractivity contribution in [3.63, 3.8) is 0 Å². The second kappa shape index (κ2) is 72.4. The third kappa shape index (κ3) is 61.4. The molecule has 5 rings (SSSR count). The summed E-state index contributed by atoms with van der Waals surface area (Å²) >= 11 is 4.22. The number of amides is 13. The van der Waals surface area contributed by atoms with Crippen molar-refractivity contribution < 1.29 is 181 Å². The predicted octanol–water partition coefficient (Wildman–Crippen LogP) is 6.82. The van der Waals surface area contributed by atoms with E-state index < -0.39 is 210 Å². The lowest BCUT2D eigenvalue weighted by Crippen LogP contribution is -2.51. The number of sulfonamides is 1. The zero-order chi connectivity index (χ0) is 112. The molecular formula is C93H127I2N15O37S. The number of urea groups is 6. The number of aryl methyl sites for hydroxylation is 3. The molecule has 0 saturated heterocycles. The van der Waals surface area contributed by atoms with Gasteiger partial charge < -0.3 is 146 Å². The van der Waals surface area contributed by atoms with Gasteiger partial charge in [0, 0.05) is 76.7 Å². The Morgan fingerprint density at radius 1 is 0.304 bits per heavy atom. The van der Waals surface area contributed by atoms with Gasteiger partial charge in [-0.2, -0.15) is 0 Å². The predicted molar refractivity (Wildman–Crippen MR) is 542 cm³/mol. The van der Waals surface area contributed by atoms with Crippen LogP contribution in [0.4, 0.5) is 34.5 Å². The molecule has 5 aromatic carbocycles. The first kappa shape index (κ1) is 131. The lowest BCUT2D eigenvalue weighted by Gasteiger charge is -2.20. The van der Waals surface area contributed by atoms with Gasteiger partial charge in [-0.05, 0) is 260 Å². The number of carbonyl (C=O) groups is 21. The highest BCUT2D eigenvalue weighted by Crippen LogP contribution is 2.21. The Kier molecular flexibility index (Phi) is 64.1. The fourth-order valence-corrected chi connectivity index (χ4v) is 14.5. The Morgan fingerprint density at radius 3 is 0.905 bits per heavy atom. The molecule has 0 aliphatic carbocycles. The molecule has 0 aliphatic heterocycles. The van der Waals surface area contributed by atoms with Gasteiger partial charge in [-0.25, -0.2) is 85.1 Å². The number of hydrogen-bond acceptors (Lipinski definition) is 24. The first-order valence-corrected chi connectivity index (χ1v) is 49.5. The normalized spacial score (nSPS) is 12.6. The maximum atomic E-state index is 12.2. The zero-order valence-electron chi connectivity index (χ0n) is 80.9. The van der Waals surface area contributed by atoms with Crippen LogP contribution in [0.2, 0.25) is 0 Å². The van der Waals surface area contributed by atoms with Crippen molar-refractivity contribution in [1.82, 2.24) is 73.8 Å². The van der Waals surface area contributed by atoms with Crippen LogP contribution in [0, 0.1) is 27.9 Å². The third-order valence-electron chi connectivity index (χ3n) is 20.5. The highest BCUT2D eigenvalue weighted by atomic mass is 127. The number of carbonyl (C=O) groups excluding carboxylic acids is 7. The number of benzene rings is 5. The average Bonchev–Trinajstić information content (AvgIpc) is 0.842. The first-order valence-electron chi connectivity index (χ1n) is 45.8. The summed E-state index contributed by atoms with van der Waals surface area (Å²) in [4.78, 5) is 237. The van der Waals surface area contributed by atoms with E-state index in [1.807, 2.05) is 128 Å². The van der Waals surface area contributed by atoms with E-state index in [1.54, 1.807) is 36.4 Å². The van der Waals surface area contributed by atoms with Crippen LogP contribution in [-0.4, -0.2) is 286 Å². The molecule has 0 aliphatic rings. The van der Waals surface area contributed by atoms with E-state index in [9.17, 15) is 130 Å². The molecular weight excluding hydrogens is 2200 g/mol. The molecule has 5 aromatic rings. The van der Waals surface area contributed by atoms with Gasteiger partial charge >= 0.3 is 120 Å². The number of hydrogen-bond donors (Lipinski definition) is 29. The van der Waals surface area contributed by atoms with E-state index in [0.717, 1.165) is 29.4 Å². The van der Waals surface area contributed by atoms with E-state index in [2.05, 4.69) is 96.4 Å². The molecule has 148 heavy (non-hydrogen) atoms. The molecule has 10 atom stereocenters. The molecule has 1 unspecified atom stereocenters. The molecule has 13 amide bonds. The minimum atomic E-state index is -3.69. The monoisotopic (exact) mass is 2330 g/mol. The van der Waals surface area contributed by atoms with Crippen LogP contribution in [-0.2, 0) is 83.7 Å². The Balaban J connectivity index is 0.000000929. The minimum absolute atomic E-state index is 0.0269. The first-order chi connectivity index (χ1) is 69.6. The number of unbranched alkanes of at least 4 members (excludes halogenated alkanes) is 4. The molecule has 0 saturated carbocycles. The van der Waals surface area contributed by atoms with Crippen LogP contribution in [0.3, 0.4) is 0 Å². The van der Waals surface area contributed by atoms with Crippen molar-refractivity contribution in [1.29, 1.82) is 0 Å². The van der Waals surface area contributed by atoms with Crippen LogP contribution < -0.4 is 79.2 Å². The van der Waals surface area contributed by atoms with E-state index in [-0.39, 0.29) is 101 Å². The van der Waals surface area contributed by atoms with Crippen LogP contribution in [0.1, 0.15) is 199 Å². The van der Waals surface area contributed by atoms with Crippen molar-refractivity contribution in [2.75, 3.05) is 31.5 Å². The maximum absolute atomic E-state index is 12.2. The Hall–Kier alpha value is -14.9. The van der Waals surface area contributed by atoms with E-state index in [4.69, 9.17) is 51.1 Å². The summed E-state index contributed by atoms with van der Waals surface area (Å²) < 4.78 is 28.7. The smallest absolute Gasteiger partial charge is 0.326 e. The van der Waals surface area contributed by atoms with Gasteiger partial charge in [-0.3, -0.25) is 28.8 Å². The number of aliphatic carboxylic acids is 14. The fraction of sp³-hybridized carbons (Fsp3) is 0.452. The second-order valence-corrected chi connectivity index (χ2v) is 36.9. The van der Waals surface area contributed by atoms with Crippen molar-refractivity contribution >= 4 is 187 Å². The number of carboxylic acid groups (broad SMARTS) is 14. The number of anilines is 1. The van der Waals surface area contributed by atoms with Gasteiger partial charge in [0.15, 0.2) is 0 Å². The Labute approximate surface area is 876 Å². The Morgan fingerprint density at radius 2 is 0.595 bits per heavy atom. The quantitative estimate of drug-likeness (QED) is 0.0140. The second-order valence-electron chi connectivity index (χ2n) is 32.7. The molecule has 0 spiro atoms. The van der Waals surface area contributed by atoms with Gasteiger partial charge in [0.1, 0.15) is 54.4 Å². The molecule has 816 valence electrons. The average molecular weight is 2330 g/mol. The highest BCUT2D eigenvalue weighted by Gasteiger charge is 2.32. The zero-order valence-corrected chi connectivity index (χ0v) is 86.1. The summed E-state index contributed by atoms with van der Waals surface area (Å²) in [7, 11) is -3.69. The SMILES string of the molecule is CCC(NC(=O)N[C@@H](CCC(=O)O)C(=O)O)c1cccc(I)c1.Cc1ccc(C(=O)NCCCC[C@H](NC(=O)N[C@@H](CCC(=O)O)C(=O)O)C(=O)O)cc1.Cc1ccc(CNCCCC[C@H](NC(=O)N[C@@H](CCC(=O)O)C(=O)O)C(=O)O)cc1.Cc1ccc(NC(=O)NCCCC[C@H](NC(=O)N[C@@H](CCC(=O)O)C(=O)O)C(=O)O)cc1.O=C(O)CC[C@H](NC(=O)N[C@@H](CCCCNS(=O)(=O)c1ccc(I)cc1)C(=O)O)C(=O)O. The van der Waals surface area contributed by atoms with Crippen molar-refractivity contribution in [3.05, 3.63) is 162 Å². The summed E-state index contributed by atoms with van der Waals surface area (Å²) in [5.74, 6) is -18.3. The lowest BCUT2D eigenvalue weighted by atomic mass is 10.1. The summed E-state index contributed by atoms with van der Waals surface area (Å²) in [6, 6.07) is 18.8. The molecule has 0 heterocycles. The largest absolute Gasteiger partial charge is 0.481 e. The molecule has 0 bridgehead atoms. The Bertz CT molecular complexity index is 5330. The summed E-state index contributed by atoms with van der Waals surface area (Å²) in [5.41, 5.74) is 6.51. The van der Waals surface area contributed by atoms with E-state index >= 15 is 0 Å². The van der Waals surface area contributed by atoms with Crippen molar-refractivity contribution in [3.8, 4) is 0 Å². The standard InChI is InChI=1S/C20H28N4O8.C20H27N3O8.C20H29N3O7.C18H24IN3O9S.C15H19IN2O5/c1-12-5-7-13(8-6-12)22-19(31)21-11-3-2-4-14(17(27)28)23-20(32)24-15(18(29)30)9-10-16(25)26;1-12-5-7-13(8-6-12)17(26)21-11-3-2-4-14(18(27)28)22-20(31)23-15(19(29)30)9-10-16(24)25;1-13-5-7-14(8-6-13)12-21-11-3-2-4-15(18(26)27)22-20(30)23-16(19(28)29)9-10-17(24)25;19-11-4-6-12(7-5-11)32(30,31)20-10-2-1-3-13(16(25)26)21-18(29)22-14(17(27)28)8-9-15(23)24;1-2-11(9-4-3-5-10(16)8-9)17-15(23)18-12(14(21)22)6-7-13(19)20/h5-8,14-15H,2-4,9-11H2,1H3,(H,25,26)(H,27,28)(H,29,30)(H2,21,22,31)(H2,23,24,32);5-8,14-15H,2-4,9-11H2,1H3,(H,21,26)(H,24,25)(H,27,28)(H,29,30)(H2,22,23,31);5-8,15-16,21H,2-4,9-12H2,1H3,(H,24,25)(H,26,27)(H,28,29)(H2,22,23,30);4-7,13-14,20H,1-3,8-10H2,(H,23,24)(H,25,26)(H,27,28)(H2,21,22,29);3-5,8,11-12H,2,6-7H2,1H3,(H,19,20)(H,21,22)(H2,17,18,23)/t2*14-,15-;15-,16-;13-,14-;11?,12-/m00000/s1. The molecule has 29 N–H and O–H groups in total. The number of rotatable bonds is 62. The molecule has 0 aromatic heterocycles. The molecule has 52 nitrogen and oxygen atoms in total. The fourth-order valence-electron chi connectivity index (χ4n) is 12.5. The van der Waals surface area contributed by atoms with Crippen LogP contribution in [0.25, 0.3) is 0 Å². The summed E-state index contributed by atoms with van der Waals surface area (Å²) in [5, 5.41) is 159. The number of nitrogens with one attached hydrogen (secondary N) is 15. The topological polar surface area (TPSA) is 856 Å². The number of halogens is 2. The van der Waals surface area contributed by atoms with Crippen LogP contribution in [0.5, 0.6) is 0 Å². The third-order valence-corrected chi connectivity index (χ3v) is 23.4.